The fourth-order valence-corrected chi connectivity index (χ4v) is 6.04. The Morgan fingerprint density at radius 3 is 2.68 bits per heavy atom. The molecule has 0 saturated heterocycles. The van der Waals surface area contributed by atoms with Crippen LogP contribution in [0.1, 0.15) is 36.0 Å². The number of sulfonamides is 1. The van der Waals surface area contributed by atoms with Gasteiger partial charge in [-0.15, -0.1) is 0 Å². The summed E-state index contributed by atoms with van der Waals surface area (Å²) in [5.41, 5.74) is 0.174. The maximum absolute atomic E-state index is 12.6. The molecule has 25 heavy (non-hydrogen) atoms. The highest BCUT2D eigenvalue weighted by molar-refractivity contribution is 7.90. The van der Waals surface area contributed by atoms with Crippen molar-refractivity contribution in [1.29, 1.82) is 0 Å². The molecule has 1 amide bonds. The zero-order chi connectivity index (χ0) is 17.6. The van der Waals surface area contributed by atoms with E-state index in [1.165, 1.54) is 19.2 Å². The number of methoxy groups -OCH3 is 1. The predicted octanol–water partition coefficient (Wildman–Crippen LogP) is 1.71. The SMILES string of the molecule is COc1cc(C(=O)NS(=O)(=O)C2C[C@@H]3CC[C@H]2C3)cc2c1OCCO2. The molecule has 136 valence electrons. The van der Waals surface area contributed by atoms with Crippen molar-refractivity contribution < 1.29 is 27.4 Å². The van der Waals surface area contributed by atoms with Crippen molar-refractivity contribution in [2.45, 2.75) is 30.9 Å². The van der Waals surface area contributed by atoms with Gasteiger partial charge in [-0.3, -0.25) is 4.79 Å². The third kappa shape index (κ3) is 2.92. The molecule has 0 aromatic heterocycles. The van der Waals surface area contributed by atoms with E-state index in [-0.39, 0.29) is 11.5 Å². The van der Waals surface area contributed by atoms with Crippen LogP contribution < -0.4 is 18.9 Å². The van der Waals surface area contributed by atoms with Crippen LogP contribution in [0.25, 0.3) is 0 Å². The number of nitrogens with one attached hydrogen (secondary N) is 1. The second-order valence-corrected chi connectivity index (χ2v) is 8.79. The number of hydrogen-bond donors (Lipinski definition) is 1. The van der Waals surface area contributed by atoms with Crippen LogP contribution in [0.5, 0.6) is 17.2 Å². The molecule has 3 atom stereocenters. The van der Waals surface area contributed by atoms with Crippen LogP contribution in [0.2, 0.25) is 0 Å². The van der Waals surface area contributed by atoms with E-state index >= 15 is 0 Å². The van der Waals surface area contributed by atoms with E-state index in [1.54, 1.807) is 0 Å². The smallest absolute Gasteiger partial charge is 0.265 e. The van der Waals surface area contributed by atoms with Crippen LogP contribution >= 0.6 is 0 Å². The minimum Gasteiger partial charge on any atom is -0.493 e. The minimum atomic E-state index is -3.69. The zero-order valence-electron chi connectivity index (χ0n) is 14.0. The average molecular weight is 367 g/mol. The third-order valence-electron chi connectivity index (χ3n) is 5.40. The highest BCUT2D eigenvalue weighted by atomic mass is 32.2. The molecular weight excluding hydrogens is 346 g/mol. The molecule has 2 saturated carbocycles. The fourth-order valence-electron chi connectivity index (χ4n) is 4.23. The normalized spacial score (nSPS) is 27.2. The lowest BCUT2D eigenvalue weighted by Crippen LogP contribution is -2.40. The number of benzene rings is 1. The Kier molecular flexibility index (Phi) is 4.02. The van der Waals surface area contributed by atoms with Gasteiger partial charge >= 0.3 is 0 Å². The molecule has 2 bridgehead atoms. The highest BCUT2D eigenvalue weighted by Gasteiger charge is 2.46. The maximum Gasteiger partial charge on any atom is 0.265 e. The number of ether oxygens (including phenoxy) is 3. The molecule has 1 aromatic carbocycles. The first-order chi connectivity index (χ1) is 12.0. The molecule has 3 aliphatic rings. The topological polar surface area (TPSA) is 90.9 Å². The summed E-state index contributed by atoms with van der Waals surface area (Å²) in [4.78, 5) is 12.5. The maximum atomic E-state index is 12.6. The van der Waals surface area contributed by atoms with Crippen LogP contribution in [0.4, 0.5) is 0 Å². The van der Waals surface area contributed by atoms with E-state index in [2.05, 4.69) is 4.72 Å². The molecule has 7 nitrogen and oxygen atoms in total. The standard InChI is InChI=1S/C17H21NO6S/c1-22-13-8-12(9-14-16(13)24-5-4-23-14)17(19)18-25(20,21)15-7-10-2-3-11(15)6-10/h8-11,15H,2-7H2,1H3,(H,18,19)/t10-,11+,15?/m1/s1. The third-order valence-corrected chi connectivity index (χ3v) is 7.24. The molecule has 2 aliphatic carbocycles. The average Bonchev–Trinajstić information content (AvgIpc) is 3.24. The monoisotopic (exact) mass is 367 g/mol. The van der Waals surface area contributed by atoms with Gasteiger partial charge in [-0.2, -0.15) is 0 Å². The highest BCUT2D eigenvalue weighted by Crippen LogP contribution is 2.47. The second-order valence-electron chi connectivity index (χ2n) is 6.89. The van der Waals surface area contributed by atoms with Crippen molar-refractivity contribution >= 4 is 15.9 Å². The first kappa shape index (κ1) is 16.5. The number of fused-ring (bicyclic) bond motifs is 3. The summed E-state index contributed by atoms with van der Waals surface area (Å²) in [6, 6.07) is 2.96. The molecule has 1 unspecified atom stereocenters. The number of carbonyl (C=O) groups is 1. The Bertz CT molecular complexity index is 788. The van der Waals surface area contributed by atoms with E-state index in [0.717, 1.165) is 19.3 Å². The summed E-state index contributed by atoms with van der Waals surface area (Å²) < 4.78 is 43.7. The van der Waals surface area contributed by atoms with Crippen molar-refractivity contribution in [3.63, 3.8) is 0 Å². The lowest BCUT2D eigenvalue weighted by Gasteiger charge is -2.23. The van der Waals surface area contributed by atoms with Crippen LogP contribution in [0, 0.1) is 11.8 Å². The number of rotatable bonds is 4. The van der Waals surface area contributed by atoms with Crippen LogP contribution in [0.15, 0.2) is 12.1 Å². The summed E-state index contributed by atoms with van der Waals surface area (Å²) in [5.74, 6) is 1.15. The van der Waals surface area contributed by atoms with Crippen LogP contribution in [0.3, 0.4) is 0 Å². The van der Waals surface area contributed by atoms with E-state index < -0.39 is 21.2 Å². The van der Waals surface area contributed by atoms with Gasteiger partial charge in [-0.05, 0) is 43.2 Å². The van der Waals surface area contributed by atoms with E-state index in [0.29, 0.717) is 42.8 Å². The summed E-state index contributed by atoms with van der Waals surface area (Å²) in [5, 5.41) is -0.464. The quantitative estimate of drug-likeness (QED) is 0.871. The van der Waals surface area contributed by atoms with Crippen LogP contribution in [-0.2, 0) is 10.0 Å². The van der Waals surface area contributed by atoms with Gasteiger partial charge in [0.25, 0.3) is 5.91 Å². The van der Waals surface area contributed by atoms with Gasteiger partial charge < -0.3 is 14.2 Å². The summed E-state index contributed by atoms with van der Waals surface area (Å²) in [6.07, 6.45) is 3.64. The summed E-state index contributed by atoms with van der Waals surface area (Å²) >= 11 is 0. The Labute approximate surface area is 146 Å². The molecule has 1 heterocycles. The summed E-state index contributed by atoms with van der Waals surface area (Å²) in [6.45, 7) is 0.762. The zero-order valence-corrected chi connectivity index (χ0v) is 14.8. The molecular formula is C17H21NO6S. The van der Waals surface area contributed by atoms with E-state index in [9.17, 15) is 13.2 Å². The number of carbonyl (C=O) groups excluding carboxylic acids is 1. The van der Waals surface area contributed by atoms with Gasteiger partial charge in [-0.1, -0.05) is 6.42 Å². The van der Waals surface area contributed by atoms with E-state index in [4.69, 9.17) is 14.2 Å². The van der Waals surface area contributed by atoms with Crippen LogP contribution in [-0.4, -0.2) is 39.9 Å². The fraction of sp³-hybridized carbons (Fsp3) is 0.588. The van der Waals surface area contributed by atoms with Crippen molar-refractivity contribution in [3.05, 3.63) is 17.7 Å². The lowest BCUT2D eigenvalue weighted by atomic mass is 10.0. The van der Waals surface area contributed by atoms with Crippen molar-refractivity contribution in [2.75, 3.05) is 20.3 Å². The first-order valence-corrected chi connectivity index (χ1v) is 10.1. The molecule has 0 spiro atoms. The van der Waals surface area contributed by atoms with Gasteiger partial charge in [0.05, 0.1) is 12.4 Å². The first-order valence-electron chi connectivity index (χ1n) is 8.51. The molecule has 8 heteroatoms. The van der Waals surface area contributed by atoms with Crippen molar-refractivity contribution in [2.24, 2.45) is 11.8 Å². The van der Waals surface area contributed by atoms with Gasteiger partial charge in [0.15, 0.2) is 11.5 Å². The molecule has 1 aliphatic heterocycles. The molecule has 0 radical (unpaired) electrons. The van der Waals surface area contributed by atoms with Gasteiger partial charge in [-0.25, -0.2) is 13.1 Å². The van der Waals surface area contributed by atoms with Gasteiger partial charge in [0, 0.05) is 5.56 Å². The Balaban J connectivity index is 1.57. The second kappa shape index (κ2) is 6.09. The molecule has 4 rings (SSSR count). The molecule has 1 aromatic rings. The van der Waals surface area contributed by atoms with Crippen molar-refractivity contribution in [3.8, 4) is 17.2 Å². The van der Waals surface area contributed by atoms with Gasteiger partial charge in [0.2, 0.25) is 15.8 Å². The number of amides is 1. The minimum absolute atomic E-state index is 0.171. The Morgan fingerprint density at radius 2 is 2.00 bits per heavy atom. The summed E-state index contributed by atoms with van der Waals surface area (Å²) in [7, 11) is -2.23. The Morgan fingerprint density at radius 1 is 1.20 bits per heavy atom. The molecule has 1 N–H and O–H groups in total. The number of hydrogen-bond acceptors (Lipinski definition) is 6. The Hall–Kier alpha value is -1.96. The predicted molar refractivity (Wildman–Crippen MR) is 89.6 cm³/mol. The largest absolute Gasteiger partial charge is 0.493 e. The van der Waals surface area contributed by atoms with E-state index in [1.807, 2.05) is 0 Å². The lowest BCUT2D eigenvalue weighted by molar-refractivity contribution is 0.0978. The van der Waals surface area contributed by atoms with Crippen molar-refractivity contribution in [1.82, 2.24) is 4.72 Å². The van der Waals surface area contributed by atoms with Gasteiger partial charge in [0.1, 0.15) is 13.2 Å². The molecule has 2 fully saturated rings.